The molecule has 0 radical (unpaired) electrons. The summed E-state index contributed by atoms with van der Waals surface area (Å²) in [5.74, 6) is 1.71. The van der Waals surface area contributed by atoms with Crippen molar-refractivity contribution in [3.8, 4) is 5.75 Å². The minimum absolute atomic E-state index is 0.263. The summed E-state index contributed by atoms with van der Waals surface area (Å²) in [7, 11) is 3.71. The van der Waals surface area contributed by atoms with Crippen LogP contribution in [0, 0.1) is 5.92 Å². The molecule has 4 nitrogen and oxygen atoms in total. The molecule has 0 saturated carbocycles. The summed E-state index contributed by atoms with van der Waals surface area (Å²) in [5.41, 5.74) is 1.01. The Balaban J connectivity index is 1.69. The maximum Gasteiger partial charge on any atom is 0.243 e. The number of hydrogen-bond donors (Lipinski definition) is 0. The van der Waals surface area contributed by atoms with E-state index < -0.39 is 0 Å². The van der Waals surface area contributed by atoms with Gasteiger partial charge in [0.2, 0.25) is 5.91 Å². The van der Waals surface area contributed by atoms with Crippen molar-refractivity contribution in [2.24, 2.45) is 5.92 Å². The second-order valence-electron chi connectivity index (χ2n) is 7.76. The number of methoxy groups -OCH3 is 1. The van der Waals surface area contributed by atoms with E-state index in [9.17, 15) is 4.79 Å². The van der Waals surface area contributed by atoms with Crippen molar-refractivity contribution in [3.63, 3.8) is 0 Å². The van der Waals surface area contributed by atoms with Crippen molar-refractivity contribution >= 4 is 16.7 Å². The van der Waals surface area contributed by atoms with Gasteiger partial charge in [0.05, 0.1) is 7.11 Å². The van der Waals surface area contributed by atoms with Crippen molar-refractivity contribution < 1.29 is 9.53 Å². The molecule has 0 unspecified atom stereocenters. The highest BCUT2D eigenvalue weighted by Gasteiger charge is 2.64. The third-order valence-electron chi connectivity index (χ3n) is 6.72. The Morgan fingerprint density at radius 1 is 1.20 bits per heavy atom. The van der Waals surface area contributed by atoms with Crippen LogP contribution in [0.1, 0.15) is 30.9 Å². The summed E-state index contributed by atoms with van der Waals surface area (Å²) in [6.45, 7) is 1.89. The van der Waals surface area contributed by atoms with Gasteiger partial charge < -0.3 is 9.64 Å². The van der Waals surface area contributed by atoms with Crippen LogP contribution in [0.25, 0.3) is 10.8 Å². The van der Waals surface area contributed by atoms with E-state index in [1.165, 1.54) is 16.3 Å². The monoisotopic (exact) mass is 336 g/mol. The number of benzene rings is 2. The van der Waals surface area contributed by atoms with Crippen molar-refractivity contribution in [3.05, 3.63) is 42.0 Å². The van der Waals surface area contributed by atoms with Crippen molar-refractivity contribution in [2.75, 3.05) is 27.2 Å². The van der Waals surface area contributed by atoms with E-state index in [-0.39, 0.29) is 11.6 Å². The highest BCUT2D eigenvalue weighted by atomic mass is 16.5. The minimum atomic E-state index is -0.263. The van der Waals surface area contributed by atoms with Crippen molar-refractivity contribution in [2.45, 2.75) is 30.8 Å². The van der Waals surface area contributed by atoms with Gasteiger partial charge in [0.1, 0.15) is 11.3 Å². The molecule has 3 atom stereocenters. The summed E-state index contributed by atoms with van der Waals surface area (Å²) in [5, 5.41) is 2.50. The van der Waals surface area contributed by atoms with E-state index in [1.807, 2.05) is 11.9 Å². The number of rotatable bonds is 2. The fourth-order valence-corrected chi connectivity index (χ4v) is 5.77. The van der Waals surface area contributed by atoms with Gasteiger partial charge in [0, 0.05) is 31.1 Å². The van der Waals surface area contributed by atoms with Crippen molar-refractivity contribution in [1.29, 1.82) is 0 Å². The lowest BCUT2D eigenvalue weighted by atomic mass is 9.85. The molecule has 5 rings (SSSR count). The van der Waals surface area contributed by atoms with Gasteiger partial charge in [-0.05, 0) is 42.6 Å². The number of nitrogens with zero attached hydrogens (tertiary/aromatic N) is 2. The predicted octanol–water partition coefficient (Wildman–Crippen LogP) is 3.22. The molecule has 25 heavy (non-hydrogen) atoms. The molecule has 0 aromatic heterocycles. The third kappa shape index (κ3) is 1.83. The van der Waals surface area contributed by atoms with Crippen LogP contribution < -0.4 is 4.74 Å². The fourth-order valence-electron chi connectivity index (χ4n) is 5.77. The van der Waals surface area contributed by atoms with E-state index >= 15 is 0 Å². The summed E-state index contributed by atoms with van der Waals surface area (Å²) in [4.78, 5) is 17.5. The van der Waals surface area contributed by atoms with Gasteiger partial charge in [0.25, 0.3) is 0 Å². The summed E-state index contributed by atoms with van der Waals surface area (Å²) < 4.78 is 5.76. The Hall–Kier alpha value is -2.07. The molecule has 0 N–H and O–H groups in total. The first-order valence-corrected chi connectivity index (χ1v) is 9.25. The molecule has 1 spiro atoms. The zero-order valence-electron chi connectivity index (χ0n) is 14.9. The van der Waals surface area contributed by atoms with E-state index in [1.54, 1.807) is 7.11 Å². The number of hydrogen-bond acceptors (Lipinski definition) is 3. The summed E-state index contributed by atoms with van der Waals surface area (Å²) >= 11 is 0. The number of likely N-dealkylation sites (tertiary alicyclic amines) is 1. The Bertz CT molecular complexity index is 864. The molecule has 3 aliphatic rings. The SMILES string of the molecule is COc1ccc2ccccc2c1[C@@H]1C[C@H]2CN(C)C(=O)[C@]23CCCN13. The van der Waals surface area contributed by atoms with Crippen LogP contribution in [0.3, 0.4) is 0 Å². The highest BCUT2D eigenvalue weighted by molar-refractivity contribution is 5.91. The van der Waals surface area contributed by atoms with E-state index in [4.69, 9.17) is 4.74 Å². The fraction of sp³-hybridized carbons (Fsp3) is 0.476. The van der Waals surface area contributed by atoms with Crippen LogP contribution in [-0.4, -0.2) is 48.5 Å². The largest absolute Gasteiger partial charge is 0.496 e. The number of carbonyl (C=O) groups excluding carboxylic acids is 1. The molecule has 4 heteroatoms. The van der Waals surface area contributed by atoms with Crippen LogP contribution >= 0.6 is 0 Å². The van der Waals surface area contributed by atoms with E-state index in [2.05, 4.69) is 41.3 Å². The number of fused-ring (bicyclic) bond motifs is 1. The van der Waals surface area contributed by atoms with Gasteiger partial charge in [0.15, 0.2) is 0 Å². The van der Waals surface area contributed by atoms with Crippen LogP contribution in [0.5, 0.6) is 5.75 Å². The molecular formula is C21H24N2O2. The number of carbonyl (C=O) groups is 1. The smallest absolute Gasteiger partial charge is 0.243 e. The summed E-state index contributed by atoms with van der Waals surface area (Å²) in [6.07, 6.45) is 3.16. The number of amides is 1. The van der Waals surface area contributed by atoms with Gasteiger partial charge in [-0.1, -0.05) is 30.3 Å². The maximum atomic E-state index is 13.0. The molecule has 3 aliphatic heterocycles. The van der Waals surface area contributed by atoms with E-state index in [0.29, 0.717) is 11.8 Å². The van der Waals surface area contributed by atoms with Crippen LogP contribution in [0.15, 0.2) is 36.4 Å². The molecule has 3 heterocycles. The number of likely N-dealkylation sites (N-methyl/N-ethyl adjacent to an activating group) is 1. The normalized spacial score (nSPS) is 31.6. The zero-order valence-corrected chi connectivity index (χ0v) is 14.9. The van der Waals surface area contributed by atoms with Gasteiger partial charge >= 0.3 is 0 Å². The standard InChI is InChI=1S/C21H24N2O2/c1-22-13-15-12-17(23-11-5-10-21(15,23)20(22)24)19-16-7-4-3-6-14(16)8-9-18(19)25-2/h3-4,6-9,15,17H,5,10-13H2,1-2H3/t15-,17-,21-/m0/s1. The first-order chi connectivity index (χ1) is 12.2. The first kappa shape index (κ1) is 15.2. The van der Waals surface area contributed by atoms with Gasteiger partial charge in [-0.25, -0.2) is 0 Å². The predicted molar refractivity (Wildman–Crippen MR) is 97.7 cm³/mol. The Morgan fingerprint density at radius 2 is 2.04 bits per heavy atom. The molecule has 0 aliphatic carbocycles. The van der Waals surface area contributed by atoms with Gasteiger partial charge in [-0.3, -0.25) is 9.69 Å². The van der Waals surface area contributed by atoms with Crippen LogP contribution in [0.4, 0.5) is 0 Å². The average Bonchev–Trinajstić information content (AvgIpc) is 3.26. The molecular weight excluding hydrogens is 312 g/mol. The van der Waals surface area contributed by atoms with Crippen molar-refractivity contribution in [1.82, 2.24) is 9.80 Å². The Kier molecular flexibility index (Phi) is 3.17. The quantitative estimate of drug-likeness (QED) is 0.844. The molecule has 1 amide bonds. The lowest BCUT2D eigenvalue weighted by Gasteiger charge is -2.34. The van der Waals surface area contributed by atoms with E-state index in [0.717, 1.165) is 38.1 Å². The first-order valence-electron chi connectivity index (χ1n) is 9.25. The third-order valence-corrected chi connectivity index (χ3v) is 6.72. The minimum Gasteiger partial charge on any atom is -0.496 e. The van der Waals surface area contributed by atoms with Crippen LogP contribution in [0.2, 0.25) is 0 Å². The maximum absolute atomic E-state index is 13.0. The van der Waals surface area contributed by atoms with Gasteiger partial charge in [-0.2, -0.15) is 0 Å². The second kappa shape index (κ2) is 5.21. The average molecular weight is 336 g/mol. The summed E-state index contributed by atoms with van der Waals surface area (Å²) in [6, 6.07) is 13.0. The lowest BCUT2D eigenvalue weighted by Crippen LogP contribution is -2.49. The molecule has 130 valence electrons. The number of ether oxygens (including phenoxy) is 1. The topological polar surface area (TPSA) is 32.8 Å². The Morgan fingerprint density at radius 3 is 2.88 bits per heavy atom. The zero-order chi connectivity index (χ0) is 17.2. The molecule has 2 aromatic rings. The van der Waals surface area contributed by atoms with Gasteiger partial charge in [-0.15, -0.1) is 0 Å². The molecule has 3 fully saturated rings. The Labute approximate surface area is 148 Å². The molecule has 0 bridgehead atoms. The second-order valence-corrected chi connectivity index (χ2v) is 7.76. The molecule has 3 saturated heterocycles. The van der Waals surface area contributed by atoms with Crippen LogP contribution in [-0.2, 0) is 4.79 Å². The highest BCUT2D eigenvalue weighted by Crippen LogP contribution is 2.57. The molecule has 2 aromatic carbocycles. The lowest BCUT2D eigenvalue weighted by molar-refractivity contribution is -0.135.